The number of quaternary nitrogens is 1. The van der Waals surface area contributed by atoms with Gasteiger partial charge in [0.2, 0.25) is 5.91 Å². The van der Waals surface area contributed by atoms with Crippen LogP contribution in [0.4, 0.5) is 0 Å². The average Bonchev–Trinajstić information content (AvgIpc) is 2.84. The Morgan fingerprint density at radius 2 is 2.00 bits per heavy atom. The third-order valence-electron chi connectivity index (χ3n) is 4.38. The van der Waals surface area contributed by atoms with Gasteiger partial charge in [-0.3, -0.25) is 4.79 Å². The molecule has 0 radical (unpaired) electrons. The second kappa shape index (κ2) is 4.97. The molecule has 0 aromatic rings. The summed E-state index contributed by atoms with van der Waals surface area (Å²) in [5.41, 5.74) is 0. The van der Waals surface area contributed by atoms with Gasteiger partial charge in [-0.2, -0.15) is 0 Å². The molecule has 17 heavy (non-hydrogen) atoms. The van der Waals surface area contributed by atoms with Gasteiger partial charge in [-0.05, 0) is 31.1 Å². The van der Waals surface area contributed by atoms with Crippen molar-refractivity contribution in [1.29, 1.82) is 0 Å². The zero-order valence-corrected chi connectivity index (χ0v) is 11.5. The van der Waals surface area contributed by atoms with Crippen LogP contribution in [0, 0.1) is 17.8 Å². The lowest BCUT2D eigenvalue weighted by molar-refractivity contribution is -0.870. The van der Waals surface area contributed by atoms with Crippen LogP contribution in [-0.2, 0) is 4.79 Å². The second-order valence-corrected chi connectivity index (χ2v) is 6.94. The topological polar surface area (TPSA) is 29.1 Å². The van der Waals surface area contributed by atoms with Crippen molar-refractivity contribution < 1.29 is 9.28 Å². The molecule has 3 heteroatoms. The van der Waals surface area contributed by atoms with Gasteiger partial charge in [-0.15, -0.1) is 0 Å². The molecule has 0 aliphatic heterocycles. The smallest absolute Gasteiger partial charge is 0.223 e. The molecule has 0 heterocycles. The van der Waals surface area contributed by atoms with Crippen molar-refractivity contribution in [2.75, 3.05) is 34.2 Å². The van der Waals surface area contributed by atoms with Gasteiger partial charge >= 0.3 is 0 Å². The van der Waals surface area contributed by atoms with Crippen molar-refractivity contribution in [3.05, 3.63) is 0 Å². The minimum Gasteiger partial charge on any atom is -0.356 e. The molecule has 2 bridgehead atoms. The highest BCUT2D eigenvalue weighted by molar-refractivity contribution is 5.79. The lowest BCUT2D eigenvalue weighted by Crippen LogP contribution is -2.39. The molecule has 0 aromatic carbocycles. The molecule has 2 fully saturated rings. The van der Waals surface area contributed by atoms with E-state index in [1.54, 1.807) is 0 Å². The van der Waals surface area contributed by atoms with E-state index >= 15 is 0 Å². The molecule has 2 aliphatic rings. The van der Waals surface area contributed by atoms with E-state index in [4.69, 9.17) is 0 Å². The van der Waals surface area contributed by atoms with Gasteiger partial charge in [-0.1, -0.05) is 6.42 Å². The molecule has 98 valence electrons. The molecular weight excluding hydrogens is 212 g/mol. The summed E-state index contributed by atoms with van der Waals surface area (Å²) in [6, 6.07) is 0. The van der Waals surface area contributed by atoms with Gasteiger partial charge < -0.3 is 9.80 Å². The molecule has 0 aromatic heterocycles. The van der Waals surface area contributed by atoms with E-state index < -0.39 is 0 Å². The largest absolute Gasteiger partial charge is 0.356 e. The Bertz CT molecular complexity index is 282. The third-order valence-corrected chi connectivity index (χ3v) is 4.38. The molecule has 2 saturated carbocycles. The summed E-state index contributed by atoms with van der Waals surface area (Å²) in [5, 5.41) is 3.13. The van der Waals surface area contributed by atoms with Crippen LogP contribution in [0.3, 0.4) is 0 Å². The van der Waals surface area contributed by atoms with Crippen LogP contribution in [-0.4, -0.2) is 44.6 Å². The van der Waals surface area contributed by atoms with Crippen molar-refractivity contribution in [3.8, 4) is 0 Å². The molecule has 0 saturated heterocycles. The Hall–Kier alpha value is -0.570. The Balaban J connectivity index is 1.65. The monoisotopic (exact) mass is 239 g/mol. The fraction of sp³-hybridized carbons (Fsp3) is 0.929. The highest BCUT2D eigenvalue weighted by Crippen LogP contribution is 2.48. The van der Waals surface area contributed by atoms with E-state index in [1.807, 2.05) is 0 Å². The molecule has 1 amide bonds. The summed E-state index contributed by atoms with van der Waals surface area (Å²) in [6.45, 7) is 1.97. The quantitative estimate of drug-likeness (QED) is 0.573. The number of hydrogen-bond donors (Lipinski definition) is 1. The first-order valence-corrected chi connectivity index (χ1v) is 7.04. The first-order chi connectivity index (χ1) is 7.96. The van der Waals surface area contributed by atoms with E-state index in [1.165, 1.54) is 19.3 Å². The number of hydrogen-bond acceptors (Lipinski definition) is 1. The van der Waals surface area contributed by atoms with E-state index in [2.05, 4.69) is 26.5 Å². The summed E-state index contributed by atoms with van der Waals surface area (Å²) in [5.74, 6) is 2.25. The molecule has 0 unspecified atom stereocenters. The lowest BCUT2D eigenvalue weighted by atomic mass is 9.88. The normalized spacial score (nSPS) is 31.8. The third kappa shape index (κ3) is 3.44. The number of nitrogens with one attached hydrogen (secondary N) is 1. The Kier molecular flexibility index (Phi) is 3.76. The molecule has 2 aliphatic carbocycles. The molecule has 3 nitrogen and oxygen atoms in total. The molecular formula is C14H27N2O+. The van der Waals surface area contributed by atoms with Crippen LogP contribution in [0.15, 0.2) is 0 Å². The first-order valence-electron chi connectivity index (χ1n) is 7.04. The van der Waals surface area contributed by atoms with Crippen molar-refractivity contribution in [3.63, 3.8) is 0 Å². The summed E-state index contributed by atoms with van der Waals surface area (Å²) in [4.78, 5) is 12.0. The van der Waals surface area contributed by atoms with Gasteiger partial charge in [0.15, 0.2) is 0 Å². The molecule has 2 rings (SSSR count). The van der Waals surface area contributed by atoms with Crippen molar-refractivity contribution in [2.45, 2.75) is 32.1 Å². The van der Waals surface area contributed by atoms with Crippen LogP contribution < -0.4 is 5.32 Å². The van der Waals surface area contributed by atoms with Crippen LogP contribution in [0.1, 0.15) is 32.1 Å². The maximum Gasteiger partial charge on any atom is 0.223 e. The highest BCUT2D eigenvalue weighted by atomic mass is 16.1. The summed E-state index contributed by atoms with van der Waals surface area (Å²) >= 11 is 0. The number of carbonyl (C=O) groups excluding carboxylic acids is 1. The minimum atomic E-state index is 0.332. The average molecular weight is 239 g/mol. The molecule has 1 N–H and O–H groups in total. The highest BCUT2D eigenvalue weighted by Gasteiger charge is 2.42. The summed E-state index contributed by atoms with van der Waals surface area (Å²) in [7, 11) is 6.58. The standard InChI is InChI=1S/C14H26N2O/c1-16(2,3)8-4-7-15-14(17)13-10-11-5-6-12(13)9-11/h11-13H,4-10H2,1-3H3/p+1/t11-,12+,13-/m0/s1. The molecule has 0 spiro atoms. The van der Waals surface area contributed by atoms with Crippen LogP contribution >= 0.6 is 0 Å². The number of carbonyl (C=O) groups is 1. The van der Waals surface area contributed by atoms with Crippen molar-refractivity contribution in [2.24, 2.45) is 17.8 Å². The van der Waals surface area contributed by atoms with Gasteiger partial charge in [0.05, 0.1) is 27.7 Å². The summed E-state index contributed by atoms with van der Waals surface area (Å²) < 4.78 is 0.976. The maximum atomic E-state index is 12.0. The predicted molar refractivity (Wildman–Crippen MR) is 69.5 cm³/mol. The van der Waals surface area contributed by atoms with Gasteiger partial charge in [0, 0.05) is 18.9 Å². The summed E-state index contributed by atoms with van der Waals surface area (Å²) in [6.07, 6.45) is 6.22. The second-order valence-electron chi connectivity index (χ2n) is 6.94. The van der Waals surface area contributed by atoms with Crippen LogP contribution in [0.2, 0.25) is 0 Å². The number of rotatable bonds is 5. The van der Waals surface area contributed by atoms with Gasteiger partial charge in [0.1, 0.15) is 0 Å². The lowest BCUT2D eigenvalue weighted by Gasteiger charge is -2.24. The van der Waals surface area contributed by atoms with Crippen molar-refractivity contribution in [1.82, 2.24) is 5.32 Å². The minimum absolute atomic E-state index is 0.332. The van der Waals surface area contributed by atoms with E-state index in [9.17, 15) is 4.79 Å². The predicted octanol–water partition coefficient (Wildman–Crippen LogP) is 1.64. The van der Waals surface area contributed by atoms with Gasteiger partial charge in [0.25, 0.3) is 0 Å². The number of nitrogens with zero attached hydrogens (tertiary/aromatic N) is 1. The first kappa shape index (κ1) is 12.9. The Morgan fingerprint density at radius 3 is 2.53 bits per heavy atom. The van der Waals surface area contributed by atoms with Crippen LogP contribution in [0.5, 0.6) is 0 Å². The zero-order valence-electron chi connectivity index (χ0n) is 11.5. The Labute approximate surface area is 105 Å². The van der Waals surface area contributed by atoms with E-state index in [0.29, 0.717) is 17.7 Å². The fourth-order valence-corrected chi connectivity index (χ4v) is 3.46. The zero-order chi connectivity index (χ0) is 12.5. The maximum absolute atomic E-state index is 12.0. The van der Waals surface area contributed by atoms with Crippen LogP contribution in [0.25, 0.3) is 0 Å². The van der Waals surface area contributed by atoms with E-state index in [0.717, 1.165) is 36.3 Å². The SMILES string of the molecule is C[N+](C)(C)CCCNC(=O)[C@H]1C[C@H]2CC[C@@H]1C2. The molecule has 3 atom stereocenters. The number of amides is 1. The Morgan fingerprint density at radius 1 is 1.24 bits per heavy atom. The van der Waals surface area contributed by atoms with Crippen molar-refractivity contribution >= 4 is 5.91 Å². The fourth-order valence-electron chi connectivity index (χ4n) is 3.46. The number of fused-ring (bicyclic) bond motifs is 2. The van der Waals surface area contributed by atoms with Gasteiger partial charge in [-0.25, -0.2) is 0 Å². The van der Waals surface area contributed by atoms with E-state index in [-0.39, 0.29) is 0 Å².